The minimum atomic E-state index is -0.810. The van der Waals surface area contributed by atoms with Crippen LogP contribution in [0.15, 0.2) is 66.7 Å². The fourth-order valence-electron chi connectivity index (χ4n) is 4.67. The van der Waals surface area contributed by atoms with Gasteiger partial charge in [-0.15, -0.1) is 11.3 Å². The molecule has 1 unspecified atom stereocenters. The number of fused-ring (bicyclic) bond motifs is 1. The summed E-state index contributed by atoms with van der Waals surface area (Å²) < 4.78 is 6.17. The fraction of sp³-hybridized carbons (Fsp3) is 0.207. The Bertz CT molecular complexity index is 1480. The summed E-state index contributed by atoms with van der Waals surface area (Å²) in [6.07, 6.45) is 0.281. The number of nitrogens with two attached hydrogens (primary N) is 1. The first kappa shape index (κ1) is 23.6. The third-order valence-corrected chi connectivity index (χ3v) is 7.59. The first-order chi connectivity index (χ1) is 17.4. The number of rotatable bonds is 4. The zero-order valence-corrected chi connectivity index (χ0v) is 20.7. The molecule has 0 saturated carbocycles. The standard InChI is InChI=1S/C29H25N3O3S/c1-18-4-8-20(9-5-18)25-15-26-22(13-24(25)21-10-6-19(16-30)7-11-21)14-27(36-26)28(33)32-12-2-3-23(17-32)35-29(31)34/h4-11,13-15,23H,2-3,12,17H2,1H3,(H2,31,34). The van der Waals surface area contributed by atoms with Crippen molar-refractivity contribution in [1.29, 1.82) is 5.26 Å². The number of nitriles is 1. The van der Waals surface area contributed by atoms with Gasteiger partial charge in [-0.05, 0) is 77.7 Å². The Morgan fingerprint density at radius 2 is 1.69 bits per heavy atom. The van der Waals surface area contributed by atoms with Gasteiger partial charge in [-0.2, -0.15) is 5.26 Å². The number of likely N-dealkylation sites (tertiary alicyclic amines) is 1. The van der Waals surface area contributed by atoms with Gasteiger partial charge in [0.15, 0.2) is 0 Å². The molecule has 0 aliphatic carbocycles. The molecule has 1 fully saturated rings. The average Bonchev–Trinajstić information content (AvgIpc) is 3.31. The Hall–Kier alpha value is -4.15. The second-order valence-corrected chi connectivity index (χ2v) is 10.1. The monoisotopic (exact) mass is 495 g/mol. The highest BCUT2D eigenvalue weighted by Gasteiger charge is 2.27. The van der Waals surface area contributed by atoms with Crippen LogP contribution in [-0.4, -0.2) is 36.1 Å². The van der Waals surface area contributed by atoms with E-state index in [1.165, 1.54) is 16.9 Å². The molecule has 1 aliphatic rings. The number of benzene rings is 3. The number of carbonyl (C=O) groups excluding carboxylic acids is 2. The molecule has 6 nitrogen and oxygen atoms in total. The zero-order valence-electron chi connectivity index (χ0n) is 19.9. The third kappa shape index (κ3) is 4.81. The Morgan fingerprint density at radius 3 is 2.36 bits per heavy atom. The SMILES string of the molecule is Cc1ccc(-c2cc3sc(C(=O)N4CCCC(OC(N)=O)C4)cc3cc2-c2ccc(C#N)cc2)cc1. The molecule has 2 amide bonds. The maximum atomic E-state index is 13.4. The fourth-order valence-corrected chi connectivity index (χ4v) is 5.72. The second-order valence-electron chi connectivity index (χ2n) is 9.05. The van der Waals surface area contributed by atoms with E-state index < -0.39 is 6.09 Å². The number of hydrogen-bond donors (Lipinski definition) is 1. The van der Waals surface area contributed by atoms with E-state index in [9.17, 15) is 14.9 Å². The van der Waals surface area contributed by atoms with E-state index >= 15 is 0 Å². The van der Waals surface area contributed by atoms with Crippen LogP contribution >= 0.6 is 11.3 Å². The van der Waals surface area contributed by atoms with Gasteiger partial charge < -0.3 is 15.4 Å². The number of primary amides is 1. The van der Waals surface area contributed by atoms with Crippen LogP contribution in [0, 0.1) is 18.3 Å². The molecule has 36 heavy (non-hydrogen) atoms. The molecular weight excluding hydrogens is 470 g/mol. The van der Waals surface area contributed by atoms with Crippen molar-refractivity contribution in [2.24, 2.45) is 5.73 Å². The number of ether oxygens (including phenoxy) is 1. The van der Waals surface area contributed by atoms with Crippen LogP contribution in [0.1, 0.15) is 33.6 Å². The molecular formula is C29H25N3O3S. The molecule has 180 valence electrons. The lowest BCUT2D eigenvalue weighted by Gasteiger charge is -2.31. The third-order valence-electron chi connectivity index (χ3n) is 6.50. The zero-order chi connectivity index (χ0) is 25.2. The Balaban J connectivity index is 1.55. The number of thiophene rings is 1. The Kier molecular flexibility index (Phi) is 6.45. The quantitative estimate of drug-likeness (QED) is 0.369. The van der Waals surface area contributed by atoms with Gasteiger partial charge in [0.05, 0.1) is 23.1 Å². The molecule has 2 heterocycles. The van der Waals surface area contributed by atoms with Crippen molar-refractivity contribution in [1.82, 2.24) is 4.90 Å². The van der Waals surface area contributed by atoms with Gasteiger partial charge in [0.25, 0.3) is 5.91 Å². The molecule has 1 atom stereocenters. The van der Waals surface area contributed by atoms with Crippen LogP contribution in [0.4, 0.5) is 4.79 Å². The number of amides is 2. The first-order valence-corrected chi connectivity index (χ1v) is 12.6. The molecule has 1 aliphatic heterocycles. The van der Waals surface area contributed by atoms with Crippen molar-refractivity contribution in [2.75, 3.05) is 13.1 Å². The Morgan fingerprint density at radius 1 is 1.03 bits per heavy atom. The smallest absolute Gasteiger partial charge is 0.404 e. The Labute approximate surface area is 213 Å². The molecule has 7 heteroatoms. The minimum absolute atomic E-state index is 0.0641. The molecule has 5 rings (SSSR count). The van der Waals surface area contributed by atoms with Crippen LogP contribution in [0.25, 0.3) is 32.3 Å². The predicted octanol–water partition coefficient (Wildman–Crippen LogP) is 6.12. The maximum Gasteiger partial charge on any atom is 0.404 e. The van der Waals surface area contributed by atoms with Gasteiger partial charge in [0.2, 0.25) is 0 Å². The largest absolute Gasteiger partial charge is 0.445 e. The molecule has 3 aromatic carbocycles. The van der Waals surface area contributed by atoms with E-state index in [1.807, 2.05) is 30.3 Å². The van der Waals surface area contributed by atoms with E-state index in [4.69, 9.17) is 10.5 Å². The maximum absolute atomic E-state index is 13.4. The van der Waals surface area contributed by atoms with Gasteiger partial charge in [0, 0.05) is 11.2 Å². The summed E-state index contributed by atoms with van der Waals surface area (Å²) in [5.74, 6) is -0.0641. The van der Waals surface area contributed by atoms with E-state index in [-0.39, 0.29) is 12.0 Å². The lowest BCUT2D eigenvalue weighted by atomic mass is 9.92. The molecule has 1 saturated heterocycles. The summed E-state index contributed by atoms with van der Waals surface area (Å²) in [7, 11) is 0. The van der Waals surface area contributed by atoms with Crippen molar-refractivity contribution in [3.63, 3.8) is 0 Å². The molecule has 2 N–H and O–H groups in total. The molecule has 0 radical (unpaired) electrons. The first-order valence-electron chi connectivity index (χ1n) is 11.8. The topological polar surface area (TPSA) is 96.4 Å². The van der Waals surface area contributed by atoms with Gasteiger partial charge >= 0.3 is 6.09 Å². The predicted molar refractivity (Wildman–Crippen MR) is 142 cm³/mol. The highest BCUT2D eigenvalue weighted by Crippen LogP contribution is 2.39. The van der Waals surface area contributed by atoms with E-state index in [0.29, 0.717) is 30.0 Å². The molecule has 0 bridgehead atoms. The minimum Gasteiger partial charge on any atom is -0.445 e. The van der Waals surface area contributed by atoms with Crippen molar-refractivity contribution in [3.05, 3.63) is 82.7 Å². The van der Waals surface area contributed by atoms with Crippen LogP contribution in [0.5, 0.6) is 0 Å². The second kappa shape index (κ2) is 9.84. The molecule has 0 spiro atoms. The molecule has 1 aromatic heterocycles. The van der Waals surface area contributed by atoms with Crippen molar-refractivity contribution in [2.45, 2.75) is 25.9 Å². The highest BCUT2D eigenvalue weighted by atomic mass is 32.1. The highest BCUT2D eigenvalue weighted by molar-refractivity contribution is 7.20. The number of carbonyl (C=O) groups is 2. The average molecular weight is 496 g/mol. The number of nitrogens with zero attached hydrogens (tertiary/aromatic N) is 2. The van der Waals surface area contributed by atoms with Crippen molar-refractivity contribution >= 4 is 33.4 Å². The van der Waals surface area contributed by atoms with E-state index in [0.717, 1.165) is 38.8 Å². The van der Waals surface area contributed by atoms with Crippen LogP contribution in [-0.2, 0) is 4.74 Å². The van der Waals surface area contributed by atoms with Gasteiger partial charge in [-0.3, -0.25) is 4.79 Å². The summed E-state index contributed by atoms with van der Waals surface area (Å²) in [5.41, 5.74) is 11.2. The lowest BCUT2D eigenvalue weighted by molar-refractivity contribution is 0.0376. The van der Waals surface area contributed by atoms with E-state index in [1.54, 1.807) is 4.90 Å². The van der Waals surface area contributed by atoms with Crippen molar-refractivity contribution in [3.8, 4) is 28.3 Å². The summed E-state index contributed by atoms with van der Waals surface area (Å²) in [6.45, 7) is 3.03. The lowest BCUT2D eigenvalue weighted by Crippen LogP contribution is -2.44. The summed E-state index contributed by atoms with van der Waals surface area (Å²) in [4.78, 5) is 26.9. The summed E-state index contributed by atoms with van der Waals surface area (Å²) >= 11 is 1.47. The summed E-state index contributed by atoms with van der Waals surface area (Å²) in [5, 5.41) is 10.2. The number of piperidine rings is 1. The number of hydrogen-bond acceptors (Lipinski definition) is 5. The summed E-state index contributed by atoms with van der Waals surface area (Å²) in [6, 6.07) is 24.3. The van der Waals surface area contributed by atoms with Gasteiger partial charge in [-0.25, -0.2) is 4.79 Å². The van der Waals surface area contributed by atoms with Crippen LogP contribution < -0.4 is 5.73 Å². The van der Waals surface area contributed by atoms with Gasteiger partial charge in [-0.1, -0.05) is 42.0 Å². The van der Waals surface area contributed by atoms with Crippen LogP contribution in [0.3, 0.4) is 0 Å². The van der Waals surface area contributed by atoms with Gasteiger partial charge in [0.1, 0.15) is 6.10 Å². The van der Waals surface area contributed by atoms with E-state index in [2.05, 4.69) is 49.4 Å². The number of aryl methyl sites for hydroxylation is 1. The van der Waals surface area contributed by atoms with Crippen LogP contribution in [0.2, 0.25) is 0 Å². The molecule has 4 aromatic rings. The normalized spacial score (nSPS) is 15.4. The van der Waals surface area contributed by atoms with Crippen molar-refractivity contribution < 1.29 is 14.3 Å².